The lowest BCUT2D eigenvalue weighted by Crippen LogP contribution is -2.36. The minimum absolute atomic E-state index is 0.0145. The second-order valence-electron chi connectivity index (χ2n) is 9.22. The maximum atomic E-state index is 14.0. The number of allylic oxidation sites excluding steroid dienone is 3. The molecule has 4 N–H and O–H groups in total. The molecule has 0 saturated carbocycles. The van der Waals surface area contributed by atoms with Gasteiger partial charge in [-0.1, -0.05) is 12.6 Å². The minimum atomic E-state index is -2.04. The van der Waals surface area contributed by atoms with Gasteiger partial charge in [-0.2, -0.15) is 0 Å². The number of ketones is 3. The van der Waals surface area contributed by atoms with Gasteiger partial charge in [0.1, 0.15) is 22.7 Å². The molecule has 0 saturated heterocycles. The van der Waals surface area contributed by atoms with Crippen molar-refractivity contribution in [3.8, 4) is 17.2 Å². The largest absolute Gasteiger partial charge is 0.507 e. The van der Waals surface area contributed by atoms with Crippen LogP contribution in [0.5, 0.6) is 17.2 Å². The molecule has 1 atom stereocenters. The van der Waals surface area contributed by atoms with Gasteiger partial charge in [0, 0.05) is 11.1 Å². The fourth-order valence-corrected chi connectivity index (χ4v) is 5.93. The number of rotatable bonds is 2. The van der Waals surface area contributed by atoms with Crippen molar-refractivity contribution in [1.82, 2.24) is 4.98 Å². The van der Waals surface area contributed by atoms with Crippen LogP contribution in [0.25, 0.3) is 16.3 Å². The number of aldehydes is 1. The van der Waals surface area contributed by atoms with E-state index in [-0.39, 0.29) is 51.8 Å². The summed E-state index contributed by atoms with van der Waals surface area (Å²) in [6, 6.07) is 2.89. The highest BCUT2D eigenvalue weighted by molar-refractivity contribution is 6.37. The molecular formula is C27H17NO9. The van der Waals surface area contributed by atoms with E-state index in [2.05, 4.69) is 11.6 Å². The molecule has 1 unspecified atom stereocenters. The lowest BCUT2D eigenvalue weighted by atomic mass is 9.76. The number of fused-ring (bicyclic) bond motifs is 5. The average Bonchev–Trinajstić information content (AvgIpc) is 3.35. The molecule has 10 nitrogen and oxygen atoms in total. The van der Waals surface area contributed by atoms with E-state index in [0.717, 1.165) is 0 Å². The number of nitrogens with one attached hydrogen (secondary N) is 1. The second kappa shape index (κ2) is 7.03. The van der Waals surface area contributed by atoms with Crippen molar-refractivity contribution >= 4 is 40.0 Å². The van der Waals surface area contributed by atoms with Crippen LogP contribution in [0.15, 0.2) is 35.3 Å². The van der Waals surface area contributed by atoms with Crippen molar-refractivity contribution in [2.75, 3.05) is 7.11 Å². The molecule has 0 fully saturated rings. The number of aromatic hydroxyl groups is 3. The molecule has 3 aliphatic rings. The Hall–Kier alpha value is -4.99. The fraction of sp³-hybridized carbons (Fsp3) is 0.148. The third kappa shape index (κ3) is 2.46. The van der Waals surface area contributed by atoms with Crippen LogP contribution in [-0.2, 0) is 16.6 Å². The van der Waals surface area contributed by atoms with Gasteiger partial charge in [-0.25, -0.2) is 0 Å². The minimum Gasteiger partial charge on any atom is -0.507 e. The first-order valence-corrected chi connectivity index (χ1v) is 11.2. The fourth-order valence-electron chi connectivity index (χ4n) is 5.93. The van der Waals surface area contributed by atoms with Gasteiger partial charge >= 0.3 is 0 Å². The number of phenolic OH excluding ortho intramolecular Hbond substituents is 3. The van der Waals surface area contributed by atoms with Crippen LogP contribution in [0, 0.1) is 0 Å². The summed E-state index contributed by atoms with van der Waals surface area (Å²) in [6.45, 7) is 3.78. The number of carbonyl (C=O) groups excluding carboxylic acids is 4. The molecule has 3 aromatic rings. The quantitative estimate of drug-likeness (QED) is 0.235. The van der Waals surface area contributed by atoms with Gasteiger partial charge in [0.05, 0.1) is 34.9 Å². The lowest BCUT2D eigenvalue weighted by molar-refractivity contribution is 0.0790. The predicted molar refractivity (Wildman–Crippen MR) is 129 cm³/mol. The first-order chi connectivity index (χ1) is 17.6. The first-order valence-electron chi connectivity index (χ1n) is 11.2. The van der Waals surface area contributed by atoms with Gasteiger partial charge < -0.3 is 25.0 Å². The van der Waals surface area contributed by atoms with Crippen LogP contribution in [0.4, 0.5) is 0 Å². The number of H-pyrrole nitrogens is 1. The molecule has 0 aliphatic heterocycles. The number of benzene rings is 2. The Labute approximate surface area is 207 Å². The Kier molecular flexibility index (Phi) is 4.27. The zero-order valence-electron chi connectivity index (χ0n) is 19.2. The van der Waals surface area contributed by atoms with E-state index in [0.29, 0.717) is 11.8 Å². The Bertz CT molecular complexity index is 1810. The summed E-state index contributed by atoms with van der Waals surface area (Å²) in [5.41, 5.74) is -4.11. The zero-order valence-corrected chi connectivity index (χ0v) is 19.2. The number of pyridine rings is 1. The highest BCUT2D eigenvalue weighted by atomic mass is 16.5. The monoisotopic (exact) mass is 499 g/mol. The normalized spacial score (nSPS) is 19.8. The molecule has 0 radical (unpaired) electrons. The molecule has 3 aliphatic carbocycles. The van der Waals surface area contributed by atoms with Crippen molar-refractivity contribution in [1.29, 1.82) is 0 Å². The first kappa shape index (κ1) is 22.5. The maximum Gasteiger partial charge on any atom is 0.260 e. The third-order valence-corrected chi connectivity index (χ3v) is 7.51. The molecule has 0 amide bonds. The summed E-state index contributed by atoms with van der Waals surface area (Å²) >= 11 is 0. The van der Waals surface area contributed by atoms with Crippen LogP contribution in [0.3, 0.4) is 0 Å². The van der Waals surface area contributed by atoms with E-state index in [1.165, 1.54) is 25.3 Å². The van der Waals surface area contributed by atoms with Crippen LogP contribution in [-0.4, -0.2) is 51.0 Å². The van der Waals surface area contributed by atoms with Crippen LogP contribution < -0.4 is 5.56 Å². The molecule has 1 spiro atoms. The van der Waals surface area contributed by atoms with Gasteiger partial charge in [-0.15, -0.1) is 0 Å². The van der Waals surface area contributed by atoms with Gasteiger partial charge in [0.25, 0.3) is 5.56 Å². The molecule has 1 aromatic heterocycles. The number of methoxy groups -OCH3 is 1. The van der Waals surface area contributed by atoms with E-state index in [9.17, 15) is 39.3 Å². The van der Waals surface area contributed by atoms with Crippen molar-refractivity contribution in [2.24, 2.45) is 0 Å². The standard InChI is InChI=1S/C27H17NO9/c1-9-5-13(37-2)20(30)16-14(9)21(31)17-18(22(16)32)25(35)27(24(17)34)4-3-10-6-11-7-12(8-29)28-26(36)15(11)23(33)19(10)27/h5-8,31-33H,1,3-4H2,2H3,(H,28,36). The summed E-state index contributed by atoms with van der Waals surface area (Å²) in [4.78, 5) is 67.0. The number of phenols is 3. The Morgan fingerprint density at radius 3 is 2.24 bits per heavy atom. The van der Waals surface area contributed by atoms with E-state index in [1.54, 1.807) is 0 Å². The van der Waals surface area contributed by atoms with Crippen molar-refractivity contribution in [3.63, 3.8) is 0 Å². The van der Waals surface area contributed by atoms with Crippen LogP contribution >= 0.6 is 0 Å². The predicted octanol–water partition coefficient (Wildman–Crippen LogP) is 2.46. The summed E-state index contributed by atoms with van der Waals surface area (Å²) in [6.07, 6.45) is 1.72. The molecular weight excluding hydrogens is 482 g/mol. The van der Waals surface area contributed by atoms with Crippen LogP contribution in [0.2, 0.25) is 0 Å². The number of aromatic amines is 1. The number of hydrogen-bond acceptors (Lipinski definition) is 9. The molecule has 6 rings (SSSR count). The highest BCUT2D eigenvalue weighted by Crippen LogP contribution is 2.58. The topological polar surface area (TPSA) is 171 Å². The molecule has 10 heteroatoms. The summed E-state index contributed by atoms with van der Waals surface area (Å²) in [5, 5.41) is 33.5. The number of aryl methyl sites for hydroxylation is 1. The van der Waals surface area contributed by atoms with Crippen molar-refractivity contribution < 1.29 is 39.2 Å². The van der Waals surface area contributed by atoms with Gasteiger partial charge in [0.2, 0.25) is 5.78 Å². The van der Waals surface area contributed by atoms with E-state index in [1.807, 2.05) is 0 Å². The Morgan fingerprint density at radius 1 is 0.973 bits per heavy atom. The van der Waals surface area contributed by atoms with Gasteiger partial charge in [-0.05, 0) is 41.5 Å². The summed E-state index contributed by atoms with van der Waals surface area (Å²) in [7, 11) is 1.23. The number of Topliss-reactive ketones (excluding diaryl/α,β-unsaturated/α-hetero) is 3. The number of hydrogen-bond donors (Lipinski definition) is 4. The summed E-state index contributed by atoms with van der Waals surface area (Å²) < 4.78 is 5.04. The molecule has 37 heavy (non-hydrogen) atoms. The zero-order chi connectivity index (χ0) is 26.5. The number of ether oxygens (including phenoxy) is 1. The molecule has 0 bridgehead atoms. The summed E-state index contributed by atoms with van der Waals surface area (Å²) in [5.74, 6) is -4.86. The van der Waals surface area contributed by atoms with E-state index >= 15 is 0 Å². The number of carbonyl (C=O) groups is 4. The van der Waals surface area contributed by atoms with Crippen LogP contribution in [0.1, 0.15) is 64.7 Å². The SMILES string of the molecule is C=C1C=C(OC)C(=O)c2c(O)c3c(c(O)c21)C(=O)C1(CCc2cc4cc(C=O)[nH]c(=O)c4c(O)c21)C3=O. The maximum absolute atomic E-state index is 14.0. The molecule has 1 heterocycles. The molecule has 2 aromatic carbocycles. The second-order valence-corrected chi connectivity index (χ2v) is 9.22. The van der Waals surface area contributed by atoms with Crippen molar-refractivity contribution in [2.45, 2.75) is 18.3 Å². The van der Waals surface area contributed by atoms with Crippen molar-refractivity contribution in [3.05, 3.63) is 80.0 Å². The smallest absolute Gasteiger partial charge is 0.260 e. The van der Waals surface area contributed by atoms with E-state index < -0.39 is 62.3 Å². The van der Waals surface area contributed by atoms with Gasteiger partial charge in [-0.3, -0.25) is 24.0 Å². The Morgan fingerprint density at radius 2 is 1.62 bits per heavy atom. The highest BCUT2D eigenvalue weighted by Gasteiger charge is 2.61. The Balaban J connectivity index is 1.66. The molecule has 184 valence electrons. The third-order valence-electron chi connectivity index (χ3n) is 7.51. The number of aromatic nitrogens is 1. The van der Waals surface area contributed by atoms with E-state index in [4.69, 9.17) is 4.74 Å². The average molecular weight is 499 g/mol. The van der Waals surface area contributed by atoms with Gasteiger partial charge in [0.15, 0.2) is 23.6 Å². The lowest BCUT2D eigenvalue weighted by Gasteiger charge is -2.22.